The van der Waals surface area contributed by atoms with E-state index in [1.165, 1.54) is 23.1 Å². The van der Waals surface area contributed by atoms with Crippen molar-refractivity contribution < 1.29 is 4.79 Å². The molecular weight excluding hydrogens is 426 g/mol. The number of rotatable bonds is 7. The molecule has 2 N–H and O–H groups in total. The van der Waals surface area contributed by atoms with E-state index < -0.39 is 0 Å². The predicted molar refractivity (Wildman–Crippen MR) is 123 cm³/mol. The Morgan fingerprint density at radius 3 is 2.83 bits per heavy atom. The molecule has 0 spiro atoms. The maximum absolute atomic E-state index is 12.7. The Hall–Kier alpha value is -1.83. The number of hydrogen-bond donors (Lipinski definition) is 2. The zero-order chi connectivity index (χ0) is 21.1. The van der Waals surface area contributed by atoms with Crippen LogP contribution in [0.3, 0.4) is 0 Å². The van der Waals surface area contributed by atoms with Gasteiger partial charge in [-0.3, -0.25) is 9.59 Å². The number of hydrogen-bond acceptors (Lipinski definition) is 5. The first kappa shape index (κ1) is 21.9. The number of amides is 1. The van der Waals surface area contributed by atoms with Gasteiger partial charge in [-0.05, 0) is 50.5 Å². The molecule has 5 nitrogen and oxygen atoms in total. The second kappa shape index (κ2) is 9.32. The van der Waals surface area contributed by atoms with E-state index in [1.54, 1.807) is 0 Å². The van der Waals surface area contributed by atoms with Gasteiger partial charge in [0.2, 0.25) is 5.91 Å². The maximum Gasteiger partial charge on any atom is 0.259 e. The van der Waals surface area contributed by atoms with Crippen molar-refractivity contribution in [2.45, 2.75) is 51.2 Å². The number of aryl methyl sites for hydroxylation is 2. The van der Waals surface area contributed by atoms with Gasteiger partial charge in [0.15, 0.2) is 0 Å². The lowest BCUT2D eigenvalue weighted by Crippen LogP contribution is -2.34. The normalized spacial score (nSPS) is 13.4. The molecule has 3 aromatic rings. The third kappa shape index (κ3) is 5.02. The number of carbonyl (C=O) groups excluding carboxylic acids is 1. The molecule has 0 bridgehead atoms. The monoisotopic (exact) mass is 449 g/mol. The van der Waals surface area contributed by atoms with Crippen LogP contribution >= 0.6 is 34.7 Å². The molecule has 1 aromatic carbocycles. The minimum Gasteiger partial charge on any atom is -0.348 e. The van der Waals surface area contributed by atoms with Crippen molar-refractivity contribution in [3.63, 3.8) is 0 Å². The summed E-state index contributed by atoms with van der Waals surface area (Å²) in [4.78, 5) is 34.3. The Morgan fingerprint density at radius 2 is 2.14 bits per heavy atom. The molecule has 0 saturated heterocycles. The van der Waals surface area contributed by atoms with Crippen LogP contribution in [0.15, 0.2) is 29.1 Å². The van der Waals surface area contributed by atoms with Gasteiger partial charge < -0.3 is 10.3 Å². The first-order chi connectivity index (χ1) is 13.8. The summed E-state index contributed by atoms with van der Waals surface area (Å²) in [6.45, 7) is 7.82. The number of benzene rings is 1. The second-order valence-corrected chi connectivity index (χ2v) is 9.92. The lowest BCUT2D eigenvalue weighted by molar-refractivity contribution is -0.121. The number of carbonyl (C=O) groups is 1. The number of H-pyrrole nitrogens is 1. The Balaban J connectivity index is 1.65. The summed E-state index contributed by atoms with van der Waals surface area (Å²) in [6.07, 6.45) is 0.770. The van der Waals surface area contributed by atoms with E-state index in [-0.39, 0.29) is 22.8 Å². The minimum absolute atomic E-state index is 0.0481. The number of fused-ring (bicyclic) bond motifs is 1. The summed E-state index contributed by atoms with van der Waals surface area (Å²) < 4.78 is 0. The van der Waals surface area contributed by atoms with E-state index in [1.807, 2.05) is 52.0 Å². The first-order valence-electron chi connectivity index (χ1n) is 9.46. The minimum atomic E-state index is -0.281. The number of aromatic amines is 1. The first-order valence-corrected chi connectivity index (χ1v) is 11.7. The van der Waals surface area contributed by atoms with Gasteiger partial charge in [0.25, 0.3) is 5.56 Å². The predicted octanol–water partition coefficient (Wildman–Crippen LogP) is 5.14. The number of thiophene rings is 1. The summed E-state index contributed by atoms with van der Waals surface area (Å²) in [5, 5.41) is 4.13. The third-order valence-corrected chi connectivity index (χ3v) is 7.39. The summed E-state index contributed by atoms with van der Waals surface area (Å²) >= 11 is 9.05. The van der Waals surface area contributed by atoms with E-state index >= 15 is 0 Å². The maximum atomic E-state index is 12.7. The highest BCUT2D eigenvalue weighted by Crippen LogP contribution is 2.27. The van der Waals surface area contributed by atoms with Crippen molar-refractivity contribution in [1.82, 2.24) is 15.3 Å². The lowest BCUT2D eigenvalue weighted by atomic mass is 10.0. The van der Waals surface area contributed by atoms with E-state index in [4.69, 9.17) is 11.6 Å². The van der Waals surface area contributed by atoms with E-state index in [9.17, 15) is 9.59 Å². The van der Waals surface area contributed by atoms with Crippen LogP contribution in [-0.4, -0.2) is 21.1 Å². The average molecular weight is 450 g/mol. The van der Waals surface area contributed by atoms with E-state index in [2.05, 4.69) is 15.3 Å². The Labute approximate surface area is 183 Å². The number of nitrogens with one attached hydrogen (secondary N) is 2. The summed E-state index contributed by atoms with van der Waals surface area (Å²) in [5.74, 6) is 1.01. The van der Waals surface area contributed by atoms with Crippen molar-refractivity contribution in [3.8, 4) is 0 Å². The highest BCUT2D eigenvalue weighted by molar-refractivity contribution is 7.99. The molecule has 0 aliphatic carbocycles. The fraction of sp³-hybridized carbons (Fsp3) is 0.381. The average Bonchev–Trinajstić information content (AvgIpc) is 2.98. The topological polar surface area (TPSA) is 74.8 Å². The zero-order valence-electron chi connectivity index (χ0n) is 16.8. The largest absolute Gasteiger partial charge is 0.348 e. The van der Waals surface area contributed by atoms with Crippen molar-refractivity contribution in [3.05, 3.63) is 61.5 Å². The molecular formula is C21H24ClN3O2S2. The van der Waals surface area contributed by atoms with Gasteiger partial charge in [0.1, 0.15) is 10.7 Å². The molecule has 1 amide bonds. The Bertz CT molecular complexity index is 1090. The van der Waals surface area contributed by atoms with Crippen LogP contribution in [0.2, 0.25) is 5.02 Å². The Morgan fingerprint density at radius 1 is 1.38 bits per heavy atom. The highest BCUT2D eigenvalue weighted by atomic mass is 35.5. The fourth-order valence-electron chi connectivity index (χ4n) is 3.08. The molecule has 0 radical (unpaired) electrons. The zero-order valence-corrected chi connectivity index (χ0v) is 19.2. The van der Waals surface area contributed by atoms with Crippen LogP contribution in [0.25, 0.3) is 10.2 Å². The molecule has 2 heterocycles. The molecule has 8 heteroatoms. The Kier molecular flexibility index (Phi) is 7.03. The third-order valence-electron chi connectivity index (χ3n) is 4.90. The van der Waals surface area contributed by atoms with Crippen LogP contribution in [-0.2, 0) is 10.5 Å². The molecule has 0 saturated carbocycles. The quantitative estimate of drug-likeness (QED) is 0.523. The van der Waals surface area contributed by atoms with Gasteiger partial charge in [0, 0.05) is 9.90 Å². The number of aromatic nitrogens is 2. The lowest BCUT2D eigenvalue weighted by Gasteiger charge is -2.20. The van der Waals surface area contributed by atoms with Gasteiger partial charge in [-0.1, -0.05) is 30.7 Å². The van der Waals surface area contributed by atoms with Crippen LogP contribution in [0.4, 0.5) is 0 Å². The van der Waals surface area contributed by atoms with Gasteiger partial charge in [-0.15, -0.1) is 23.1 Å². The fourth-order valence-corrected chi connectivity index (χ4v) is 5.09. The van der Waals surface area contributed by atoms with Crippen molar-refractivity contribution in [2.75, 3.05) is 0 Å². The molecule has 2 unspecified atom stereocenters. The highest BCUT2D eigenvalue weighted by Gasteiger charge is 2.19. The summed E-state index contributed by atoms with van der Waals surface area (Å²) in [7, 11) is 0. The summed E-state index contributed by atoms with van der Waals surface area (Å²) in [6, 6.07) is 7.46. The van der Waals surface area contributed by atoms with Crippen molar-refractivity contribution >= 4 is 50.8 Å². The number of halogens is 1. The van der Waals surface area contributed by atoms with Gasteiger partial charge in [-0.25, -0.2) is 4.98 Å². The molecule has 154 valence electrons. The molecule has 2 atom stereocenters. The van der Waals surface area contributed by atoms with Crippen molar-refractivity contribution in [2.24, 2.45) is 0 Å². The number of nitrogens with zero attached hydrogens (tertiary/aromatic N) is 1. The smallest absolute Gasteiger partial charge is 0.259 e. The van der Waals surface area contributed by atoms with Crippen molar-refractivity contribution in [1.29, 1.82) is 0 Å². The molecule has 2 aromatic heterocycles. The summed E-state index contributed by atoms with van der Waals surface area (Å²) in [5.41, 5.74) is 1.86. The number of thioether (sulfide) groups is 1. The molecule has 0 aliphatic heterocycles. The molecule has 0 fully saturated rings. The second-order valence-electron chi connectivity index (χ2n) is 6.95. The van der Waals surface area contributed by atoms with Crippen LogP contribution < -0.4 is 10.9 Å². The van der Waals surface area contributed by atoms with Crippen LogP contribution in [0.5, 0.6) is 0 Å². The van der Waals surface area contributed by atoms with E-state index in [0.717, 1.165) is 27.3 Å². The SMILES string of the molecule is CCC(NC(=O)C(C)SCc1nc2sc(C)c(C)c2c(=O)[nH]1)c1cccc(Cl)c1. The van der Waals surface area contributed by atoms with E-state index in [0.29, 0.717) is 22.0 Å². The molecule has 0 aliphatic rings. The van der Waals surface area contributed by atoms with Crippen LogP contribution in [0.1, 0.15) is 48.1 Å². The van der Waals surface area contributed by atoms with Gasteiger partial charge in [0.05, 0.1) is 22.4 Å². The molecule has 29 heavy (non-hydrogen) atoms. The van der Waals surface area contributed by atoms with Crippen LogP contribution in [0, 0.1) is 13.8 Å². The molecule has 3 rings (SSSR count). The standard InChI is InChI=1S/C21H24ClN3O2S2/c1-5-16(14-7-6-8-15(22)9-14)23-19(26)13(4)28-10-17-24-20(27)18-11(2)12(3)29-21(18)25-17/h6-9,13,16H,5,10H2,1-4H3,(H,23,26)(H,24,25,27). The van der Waals surface area contributed by atoms with Gasteiger partial charge >= 0.3 is 0 Å². The van der Waals surface area contributed by atoms with Gasteiger partial charge in [-0.2, -0.15) is 0 Å².